The molecule has 2 aromatic carbocycles. The van der Waals surface area contributed by atoms with Gasteiger partial charge in [-0.15, -0.1) is 0 Å². The minimum atomic E-state index is 0.421. The van der Waals surface area contributed by atoms with E-state index in [4.69, 9.17) is 15.7 Å². The van der Waals surface area contributed by atoms with Crippen LogP contribution in [0.5, 0.6) is 0 Å². The van der Waals surface area contributed by atoms with Crippen molar-refractivity contribution >= 4 is 39.5 Å². The van der Waals surface area contributed by atoms with Crippen LogP contribution in [0.4, 0.5) is 17.5 Å². The average Bonchev–Trinajstić information content (AvgIpc) is 3.52. The fourth-order valence-electron chi connectivity index (χ4n) is 7.22. The minimum absolute atomic E-state index is 0.421. The highest BCUT2D eigenvalue weighted by Crippen LogP contribution is 2.39. The molecule has 1 saturated heterocycles. The van der Waals surface area contributed by atoms with Crippen molar-refractivity contribution in [3.8, 4) is 11.1 Å². The van der Waals surface area contributed by atoms with E-state index in [-0.39, 0.29) is 0 Å². The highest BCUT2D eigenvalue weighted by Gasteiger charge is 2.30. The summed E-state index contributed by atoms with van der Waals surface area (Å²) in [5.41, 5.74) is 15.2. The number of rotatable bonds is 5. The van der Waals surface area contributed by atoms with E-state index in [0.29, 0.717) is 17.9 Å². The summed E-state index contributed by atoms with van der Waals surface area (Å²) in [7, 11) is 4.29. The SMILES string of the molecule is Cc1cc(C)c2c(c1)nc(Nc1ccc(-c3cn([C@H]4CC[C@H](N5CCN(C)CC5)CC4)c4ncnc(N)c34)cc1)n2C. The molecule has 3 aromatic heterocycles. The molecule has 0 unspecified atom stereocenters. The van der Waals surface area contributed by atoms with Crippen LogP contribution in [0.15, 0.2) is 48.9 Å². The second kappa shape index (κ2) is 10.7. The van der Waals surface area contributed by atoms with Crippen LogP contribution in [-0.4, -0.2) is 73.2 Å². The predicted molar refractivity (Wildman–Crippen MR) is 171 cm³/mol. The van der Waals surface area contributed by atoms with Crippen LogP contribution in [0.25, 0.3) is 33.2 Å². The predicted octanol–water partition coefficient (Wildman–Crippen LogP) is 5.66. The molecule has 0 amide bonds. The number of fused-ring (bicyclic) bond motifs is 2. The molecule has 218 valence electrons. The molecule has 9 nitrogen and oxygen atoms in total. The molecule has 0 bridgehead atoms. The number of benzene rings is 2. The summed E-state index contributed by atoms with van der Waals surface area (Å²) < 4.78 is 4.50. The summed E-state index contributed by atoms with van der Waals surface area (Å²) >= 11 is 0. The molecule has 0 spiro atoms. The zero-order valence-electron chi connectivity index (χ0n) is 25.1. The Labute approximate surface area is 247 Å². The molecule has 3 N–H and O–H groups in total. The van der Waals surface area contributed by atoms with Gasteiger partial charge in [-0.3, -0.25) is 4.90 Å². The molecular weight excluding hydrogens is 522 g/mol. The first-order chi connectivity index (χ1) is 20.4. The van der Waals surface area contributed by atoms with Crippen LogP contribution >= 0.6 is 0 Å². The zero-order chi connectivity index (χ0) is 29.0. The highest BCUT2D eigenvalue weighted by atomic mass is 15.3. The Hall–Kier alpha value is -3.95. The van der Waals surface area contributed by atoms with Gasteiger partial charge in [0, 0.05) is 62.8 Å². The number of nitrogens with zero attached hydrogens (tertiary/aromatic N) is 7. The number of imidazole rings is 1. The van der Waals surface area contributed by atoms with E-state index in [1.54, 1.807) is 6.33 Å². The molecule has 1 aliphatic carbocycles. The Kier molecular flexibility index (Phi) is 6.86. The van der Waals surface area contributed by atoms with Gasteiger partial charge in [-0.2, -0.15) is 0 Å². The van der Waals surface area contributed by atoms with Gasteiger partial charge in [-0.1, -0.05) is 18.2 Å². The van der Waals surface area contributed by atoms with E-state index in [9.17, 15) is 0 Å². The number of aryl methyl sites for hydroxylation is 3. The molecule has 5 aromatic rings. The van der Waals surface area contributed by atoms with Gasteiger partial charge in [0.15, 0.2) is 0 Å². The van der Waals surface area contributed by atoms with Gasteiger partial charge in [0.25, 0.3) is 0 Å². The lowest BCUT2D eigenvalue weighted by atomic mass is 9.89. The summed E-state index contributed by atoms with van der Waals surface area (Å²) in [4.78, 5) is 19.1. The number of nitrogens with two attached hydrogens (primary N) is 1. The maximum atomic E-state index is 6.48. The molecule has 9 heteroatoms. The van der Waals surface area contributed by atoms with Crippen LogP contribution in [0, 0.1) is 13.8 Å². The molecular formula is C33H41N9. The maximum absolute atomic E-state index is 6.48. The van der Waals surface area contributed by atoms with Crippen molar-refractivity contribution in [3.63, 3.8) is 0 Å². The van der Waals surface area contributed by atoms with Gasteiger partial charge < -0.3 is 25.1 Å². The second-order valence-electron chi connectivity index (χ2n) is 12.4. The zero-order valence-corrected chi connectivity index (χ0v) is 25.1. The normalized spacial score (nSPS) is 20.5. The van der Waals surface area contributed by atoms with E-state index in [1.807, 2.05) is 0 Å². The monoisotopic (exact) mass is 563 g/mol. The number of nitrogen functional groups attached to an aromatic ring is 1. The lowest BCUT2D eigenvalue weighted by Crippen LogP contribution is -2.49. The Bertz CT molecular complexity index is 1730. The first kappa shape index (κ1) is 26.9. The number of hydrogen-bond acceptors (Lipinski definition) is 7. The average molecular weight is 564 g/mol. The number of aromatic nitrogens is 5. The number of likely N-dealkylation sites (N-methyl/N-ethyl adjacent to an activating group) is 1. The van der Waals surface area contributed by atoms with E-state index in [0.717, 1.165) is 57.7 Å². The number of piperazine rings is 1. The summed E-state index contributed by atoms with van der Waals surface area (Å²) in [5.74, 6) is 1.36. The first-order valence-electron chi connectivity index (χ1n) is 15.2. The van der Waals surface area contributed by atoms with Crippen LogP contribution in [-0.2, 0) is 7.05 Å². The third-order valence-corrected chi connectivity index (χ3v) is 9.51. The van der Waals surface area contributed by atoms with Gasteiger partial charge in [-0.05, 0) is 81.5 Å². The molecule has 2 fully saturated rings. The number of hydrogen-bond donors (Lipinski definition) is 2. The van der Waals surface area contributed by atoms with Gasteiger partial charge in [0.1, 0.15) is 17.8 Å². The summed E-state index contributed by atoms with van der Waals surface area (Å²) in [6.07, 6.45) is 8.63. The Balaban J connectivity index is 1.13. The Morgan fingerprint density at radius 1 is 0.881 bits per heavy atom. The van der Waals surface area contributed by atoms with Gasteiger partial charge in [0.05, 0.1) is 16.4 Å². The molecule has 1 aliphatic heterocycles. The molecule has 2 aliphatic rings. The van der Waals surface area contributed by atoms with Gasteiger partial charge in [-0.25, -0.2) is 15.0 Å². The van der Waals surface area contributed by atoms with Crippen molar-refractivity contribution in [2.45, 2.75) is 51.6 Å². The van der Waals surface area contributed by atoms with Crippen LogP contribution in [0.3, 0.4) is 0 Å². The fraction of sp³-hybridized carbons (Fsp3) is 0.424. The maximum Gasteiger partial charge on any atom is 0.208 e. The van der Waals surface area contributed by atoms with Crippen molar-refractivity contribution in [1.29, 1.82) is 0 Å². The largest absolute Gasteiger partial charge is 0.383 e. The van der Waals surface area contributed by atoms with Crippen LogP contribution < -0.4 is 11.1 Å². The molecule has 1 saturated carbocycles. The van der Waals surface area contributed by atoms with Crippen molar-refractivity contribution < 1.29 is 0 Å². The van der Waals surface area contributed by atoms with Crippen molar-refractivity contribution in [1.82, 2.24) is 33.9 Å². The van der Waals surface area contributed by atoms with Crippen LogP contribution in [0.2, 0.25) is 0 Å². The van der Waals surface area contributed by atoms with E-state index >= 15 is 0 Å². The summed E-state index contributed by atoms with van der Waals surface area (Å²) in [6.45, 7) is 8.98. The smallest absolute Gasteiger partial charge is 0.208 e. The Morgan fingerprint density at radius 3 is 2.33 bits per heavy atom. The highest BCUT2D eigenvalue weighted by molar-refractivity contribution is 6.00. The Morgan fingerprint density at radius 2 is 1.60 bits per heavy atom. The summed E-state index contributed by atoms with van der Waals surface area (Å²) in [5, 5.41) is 4.46. The van der Waals surface area contributed by atoms with E-state index in [2.05, 4.69) is 99.8 Å². The molecule has 0 atom stereocenters. The first-order valence-corrected chi connectivity index (χ1v) is 15.2. The van der Waals surface area contributed by atoms with Gasteiger partial charge >= 0.3 is 0 Å². The third-order valence-electron chi connectivity index (χ3n) is 9.51. The molecule has 7 rings (SSSR count). The standard InChI is InChI=1S/C33H41N9/c1-21-17-22(2)30-28(18-21)38-33(40(30)4)37-24-7-5-23(6-8-24)27-19-42(32-29(27)31(34)35-20-36-32)26-11-9-25(10-12-26)41-15-13-39(3)14-16-41/h5-8,17-20,25-26H,9-16H2,1-4H3,(H,37,38)(H2,34,35,36)/t25-,26-. The lowest BCUT2D eigenvalue weighted by Gasteiger charge is -2.41. The topological polar surface area (TPSA) is 93.1 Å². The quantitative estimate of drug-likeness (QED) is 0.285. The molecule has 0 radical (unpaired) electrons. The van der Waals surface area contributed by atoms with Crippen LogP contribution in [0.1, 0.15) is 42.9 Å². The molecule has 42 heavy (non-hydrogen) atoms. The van der Waals surface area contributed by atoms with E-state index in [1.165, 1.54) is 50.1 Å². The van der Waals surface area contributed by atoms with Crippen molar-refractivity contribution in [2.75, 3.05) is 44.3 Å². The van der Waals surface area contributed by atoms with E-state index < -0.39 is 0 Å². The summed E-state index contributed by atoms with van der Waals surface area (Å²) in [6, 6.07) is 14.0. The third kappa shape index (κ3) is 4.80. The number of anilines is 3. The minimum Gasteiger partial charge on any atom is -0.383 e. The van der Waals surface area contributed by atoms with Gasteiger partial charge in [0.2, 0.25) is 5.95 Å². The molecule has 4 heterocycles. The van der Waals surface area contributed by atoms with Crippen molar-refractivity contribution in [3.05, 3.63) is 60.0 Å². The van der Waals surface area contributed by atoms with Crippen molar-refractivity contribution in [2.24, 2.45) is 7.05 Å². The fourth-order valence-corrected chi connectivity index (χ4v) is 7.22. The lowest BCUT2D eigenvalue weighted by molar-refractivity contribution is 0.0828. The number of nitrogens with one attached hydrogen (secondary N) is 1. The second-order valence-corrected chi connectivity index (χ2v) is 12.4.